The molecule has 0 saturated heterocycles. The van der Waals surface area contributed by atoms with Crippen LogP contribution >= 0.6 is 11.6 Å². The van der Waals surface area contributed by atoms with E-state index in [4.69, 9.17) is 16.3 Å². The number of hydrogen-bond donors (Lipinski definition) is 2. The molecular formula is C24H28ClN7O2. The Bertz CT molecular complexity index is 1170. The van der Waals surface area contributed by atoms with Gasteiger partial charge in [-0.25, -0.2) is 4.79 Å². The topological polar surface area (TPSA) is 105 Å². The Morgan fingerprint density at radius 3 is 2.79 bits per heavy atom. The van der Waals surface area contributed by atoms with Crippen molar-refractivity contribution in [2.24, 2.45) is 4.99 Å². The van der Waals surface area contributed by atoms with Gasteiger partial charge in [0, 0.05) is 17.5 Å². The number of aliphatic imine (C=N–C) groups is 1. The van der Waals surface area contributed by atoms with Crippen molar-refractivity contribution in [1.82, 2.24) is 25.2 Å². The van der Waals surface area contributed by atoms with Crippen LogP contribution in [-0.2, 0) is 0 Å². The number of aromatic nitrogens is 3. The van der Waals surface area contributed by atoms with Crippen molar-refractivity contribution >= 4 is 29.4 Å². The van der Waals surface area contributed by atoms with E-state index in [-0.39, 0.29) is 29.3 Å². The first kappa shape index (κ1) is 22.6. The summed E-state index contributed by atoms with van der Waals surface area (Å²) in [5.41, 5.74) is 2.92. The fourth-order valence-electron chi connectivity index (χ4n) is 4.60. The third-order valence-corrected chi connectivity index (χ3v) is 6.77. The molecule has 1 fully saturated rings. The normalized spacial score (nSPS) is 22.4. The second kappa shape index (κ2) is 8.87. The zero-order chi connectivity index (χ0) is 23.9. The molecule has 0 radical (unpaired) electrons. The number of benzene rings is 1. The molecule has 1 aromatic carbocycles. The third kappa shape index (κ3) is 4.32. The second-order valence-corrected chi connectivity index (χ2v) is 9.60. The van der Waals surface area contributed by atoms with E-state index in [1.807, 2.05) is 30.0 Å². The lowest BCUT2D eigenvalue weighted by atomic mass is 9.94. The highest BCUT2D eigenvalue weighted by molar-refractivity contribution is 6.28. The summed E-state index contributed by atoms with van der Waals surface area (Å²) in [7, 11) is 0. The zero-order valence-corrected chi connectivity index (χ0v) is 20.3. The third-order valence-electron chi connectivity index (χ3n) is 6.60. The van der Waals surface area contributed by atoms with Crippen LogP contribution in [-0.4, -0.2) is 63.0 Å². The molecule has 1 saturated carbocycles. The number of halogens is 1. The molecule has 0 spiro atoms. The molecule has 5 rings (SSSR count). The molecule has 178 valence electrons. The molecule has 34 heavy (non-hydrogen) atoms. The molecule has 2 aliphatic heterocycles. The average molecular weight is 482 g/mol. The van der Waals surface area contributed by atoms with Crippen molar-refractivity contribution in [3.8, 4) is 6.01 Å². The Hall–Kier alpha value is -3.20. The lowest BCUT2D eigenvalue weighted by Crippen LogP contribution is -2.51. The Labute approximate surface area is 203 Å². The molecule has 3 aliphatic rings. The fraction of sp³-hybridized carbons (Fsp3) is 0.458. The number of anilines is 1. The number of carbonyl (C=O) groups is 1. The van der Waals surface area contributed by atoms with E-state index in [1.54, 1.807) is 0 Å². The van der Waals surface area contributed by atoms with E-state index in [2.05, 4.69) is 56.6 Å². The summed E-state index contributed by atoms with van der Waals surface area (Å²) < 4.78 is 5.49. The Balaban J connectivity index is 1.25. The predicted octanol–water partition coefficient (Wildman–Crippen LogP) is 3.79. The lowest BCUT2D eigenvalue weighted by molar-refractivity contribution is 0.170. The molecular weight excluding hydrogens is 454 g/mol. The molecule has 2 amide bonds. The minimum Gasteiger partial charge on any atom is -0.463 e. The quantitative estimate of drug-likeness (QED) is 0.650. The predicted molar refractivity (Wildman–Crippen MR) is 130 cm³/mol. The van der Waals surface area contributed by atoms with Gasteiger partial charge in [0.1, 0.15) is 5.84 Å². The van der Waals surface area contributed by atoms with Gasteiger partial charge < -0.3 is 20.3 Å². The van der Waals surface area contributed by atoms with Crippen LogP contribution in [0.15, 0.2) is 46.5 Å². The van der Waals surface area contributed by atoms with E-state index in [1.165, 1.54) is 5.56 Å². The van der Waals surface area contributed by atoms with Crippen molar-refractivity contribution in [1.29, 1.82) is 0 Å². The van der Waals surface area contributed by atoms with E-state index in [0.29, 0.717) is 31.4 Å². The molecule has 2 aromatic rings. The Kier molecular flexibility index (Phi) is 5.89. The monoisotopic (exact) mass is 481 g/mol. The Morgan fingerprint density at radius 1 is 1.24 bits per heavy atom. The highest BCUT2D eigenvalue weighted by Crippen LogP contribution is 2.42. The first-order chi connectivity index (χ1) is 16.4. The fourth-order valence-corrected chi connectivity index (χ4v) is 4.75. The van der Waals surface area contributed by atoms with Crippen LogP contribution in [0.4, 0.5) is 10.7 Å². The number of amides is 2. The van der Waals surface area contributed by atoms with Gasteiger partial charge in [-0.05, 0) is 49.4 Å². The SMILES string of the molecule is CCCOc1nc(Cl)nc(NC2=NCC3=C2CN(C(=O)NC2CC2c2ccccc2)C3(C)C)n1. The molecule has 2 unspecified atom stereocenters. The molecule has 3 heterocycles. The van der Waals surface area contributed by atoms with Gasteiger partial charge in [0.15, 0.2) is 0 Å². The van der Waals surface area contributed by atoms with Gasteiger partial charge in [-0.15, -0.1) is 0 Å². The number of amidine groups is 1. The molecule has 10 heteroatoms. The molecule has 1 aliphatic carbocycles. The number of rotatable bonds is 6. The number of nitrogens with one attached hydrogen (secondary N) is 2. The minimum atomic E-state index is -0.449. The van der Waals surface area contributed by atoms with Crippen molar-refractivity contribution < 1.29 is 9.53 Å². The molecule has 2 atom stereocenters. The van der Waals surface area contributed by atoms with Gasteiger partial charge in [0.05, 0.1) is 25.2 Å². The van der Waals surface area contributed by atoms with Gasteiger partial charge in [0.2, 0.25) is 11.2 Å². The summed E-state index contributed by atoms with van der Waals surface area (Å²) in [6.07, 6.45) is 1.79. The van der Waals surface area contributed by atoms with Gasteiger partial charge in [-0.2, -0.15) is 15.0 Å². The average Bonchev–Trinajstić information content (AvgIpc) is 3.36. The number of hydrogen-bond acceptors (Lipinski definition) is 7. The largest absolute Gasteiger partial charge is 0.463 e. The van der Waals surface area contributed by atoms with E-state index < -0.39 is 5.54 Å². The second-order valence-electron chi connectivity index (χ2n) is 9.26. The maximum Gasteiger partial charge on any atom is 0.322 e. The summed E-state index contributed by atoms with van der Waals surface area (Å²) in [5.74, 6) is 1.30. The van der Waals surface area contributed by atoms with Crippen molar-refractivity contribution in [3.05, 3.63) is 52.3 Å². The van der Waals surface area contributed by atoms with Crippen LogP contribution in [0, 0.1) is 0 Å². The molecule has 0 bridgehead atoms. The highest BCUT2D eigenvalue weighted by atomic mass is 35.5. The number of urea groups is 1. The van der Waals surface area contributed by atoms with Crippen LogP contribution in [0.1, 0.15) is 45.1 Å². The van der Waals surface area contributed by atoms with Gasteiger partial charge >= 0.3 is 12.0 Å². The van der Waals surface area contributed by atoms with E-state index >= 15 is 0 Å². The molecule has 2 N–H and O–H groups in total. The number of nitrogens with zero attached hydrogens (tertiary/aromatic N) is 5. The highest BCUT2D eigenvalue weighted by Gasteiger charge is 2.47. The first-order valence-corrected chi connectivity index (χ1v) is 12.0. The zero-order valence-electron chi connectivity index (χ0n) is 19.5. The standard InChI is InChI=1S/C24H28ClN7O2/c1-4-10-34-22-30-20(25)29-21(31-22)28-19-16-13-32(24(2,3)17(16)12-26-19)23(33)27-18-11-15(18)14-8-6-5-7-9-14/h5-9,15,18H,4,10-13H2,1-3H3,(H,27,33)(H,26,28,29,30,31). The van der Waals surface area contributed by atoms with Crippen LogP contribution in [0.2, 0.25) is 5.28 Å². The smallest absolute Gasteiger partial charge is 0.322 e. The maximum atomic E-state index is 13.2. The van der Waals surface area contributed by atoms with Crippen molar-refractivity contribution in [2.75, 3.05) is 25.0 Å². The van der Waals surface area contributed by atoms with Crippen LogP contribution in [0.3, 0.4) is 0 Å². The lowest BCUT2D eigenvalue weighted by Gasteiger charge is -2.34. The van der Waals surface area contributed by atoms with Gasteiger partial charge in [-0.3, -0.25) is 4.99 Å². The molecule has 9 nitrogen and oxygen atoms in total. The van der Waals surface area contributed by atoms with Crippen molar-refractivity contribution in [2.45, 2.75) is 51.1 Å². The van der Waals surface area contributed by atoms with E-state index in [0.717, 1.165) is 24.0 Å². The van der Waals surface area contributed by atoms with Gasteiger partial charge in [-0.1, -0.05) is 37.3 Å². The summed E-state index contributed by atoms with van der Waals surface area (Å²) in [4.78, 5) is 32.2. The van der Waals surface area contributed by atoms with E-state index in [9.17, 15) is 4.79 Å². The summed E-state index contributed by atoms with van der Waals surface area (Å²) >= 11 is 6.05. The number of ether oxygens (including phenoxy) is 1. The van der Waals surface area contributed by atoms with Crippen LogP contribution < -0.4 is 15.4 Å². The van der Waals surface area contributed by atoms with Crippen LogP contribution in [0.5, 0.6) is 6.01 Å². The number of carbonyl (C=O) groups excluding carboxylic acids is 1. The van der Waals surface area contributed by atoms with Gasteiger partial charge in [0.25, 0.3) is 0 Å². The Morgan fingerprint density at radius 2 is 2.03 bits per heavy atom. The summed E-state index contributed by atoms with van der Waals surface area (Å²) in [6.45, 7) is 7.58. The first-order valence-electron chi connectivity index (χ1n) is 11.6. The maximum absolute atomic E-state index is 13.2. The molecule has 1 aromatic heterocycles. The van der Waals surface area contributed by atoms with Crippen molar-refractivity contribution in [3.63, 3.8) is 0 Å². The summed E-state index contributed by atoms with van der Waals surface area (Å²) in [6, 6.07) is 10.6. The minimum absolute atomic E-state index is 0.0431. The summed E-state index contributed by atoms with van der Waals surface area (Å²) in [5, 5.41) is 6.42. The van der Waals surface area contributed by atoms with Crippen LogP contribution in [0.25, 0.3) is 0 Å².